The molecule has 1 N–H and O–H groups in total. The minimum Gasteiger partial charge on any atom is -0.370 e. The second-order valence-corrected chi connectivity index (χ2v) is 5.21. The van der Waals surface area contributed by atoms with Crippen molar-refractivity contribution in [3.8, 4) is 0 Å². The van der Waals surface area contributed by atoms with Crippen molar-refractivity contribution in [3.05, 3.63) is 11.9 Å². The Balaban J connectivity index is 3.00. The fourth-order valence-corrected chi connectivity index (χ4v) is 2.42. The van der Waals surface area contributed by atoms with E-state index in [0.717, 1.165) is 29.6 Å². The average Bonchev–Trinajstić information content (AvgIpc) is 2.26. The summed E-state index contributed by atoms with van der Waals surface area (Å²) in [4.78, 5) is 8.72. The van der Waals surface area contributed by atoms with Gasteiger partial charge < -0.3 is 5.32 Å². The molecule has 0 saturated carbocycles. The summed E-state index contributed by atoms with van der Waals surface area (Å²) in [5.41, 5.74) is 1.25. The van der Waals surface area contributed by atoms with E-state index in [1.165, 1.54) is 5.56 Å². The van der Waals surface area contributed by atoms with E-state index < -0.39 is 0 Å². The summed E-state index contributed by atoms with van der Waals surface area (Å²) < 4.78 is 0. The molecule has 0 radical (unpaired) electrons. The van der Waals surface area contributed by atoms with E-state index >= 15 is 0 Å². The third kappa shape index (κ3) is 3.37. The van der Waals surface area contributed by atoms with Gasteiger partial charge in [-0.05, 0) is 18.1 Å². The molecule has 0 unspecified atom stereocenters. The Kier molecular flexibility index (Phi) is 5.60. The normalized spacial score (nSPS) is 10.8. The number of anilines is 1. The lowest BCUT2D eigenvalue weighted by Crippen LogP contribution is -2.08. The second kappa shape index (κ2) is 6.74. The first-order chi connectivity index (χ1) is 7.70. The van der Waals surface area contributed by atoms with Crippen LogP contribution in [0.15, 0.2) is 11.4 Å². The quantitative estimate of drug-likeness (QED) is 0.608. The van der Waals surface area contributed by atoms with Gasteiger partial charge >= 0.3 is 0 Å². The maximum absolute atomic E-state index is 4.37. The SMILES string of the molecule is CCCNc1ncnc(SCC)c1C(C)C. The van der Waals surface area contributed by atoms with Crippen molar-refractivity contribution in [2.75, 3.05) is 17.6 Å². The molecule has 3 nitrogen and oxygen atoms in total. The summed E-state index contributed by atoms with van der Waals surface area (Å²) in [5, 5.41) is 4.50. The molecule has 0 atom stereocenters. The van der Waals surface area contributed by atoms with Gasteiger partial charge in [-0.25, -0.2) is 9.97 Å². The lowest BCUT2D eigenvalue weighted by atomic mass is 10.1. The van der Waals surface area contributed by atoms with Gasteiger partial charge in [-0.1, -0.05) is 27.7 Å². The van der Waals surface area contributed by atoms with E-state index in [-0.39, 0.29) is 0 Å². The molecule has 1 aromatic heterocycles. The topological polar surface area (TPSA) is 37.8 Å². The van der Waals surface area contributed by atoms with Crippen LogP contribution in [0.3, 0.4) is 0 Å². The number of thioether (sulfide) groups is 1. The molecule has 0 aliphatic rings. The zero-order valence-electron chi connectivity index (χ0n) is 10.6. The van der Waals surface area contributed by atoms with Gasteiger partial charge in [0, 0.05) is 12.1 Å². The van der Waals surface area contributed by atoms with Crippen LogP contribution >= 0.6 is 11.8 Å². The zero-order chi connectivity index (χ0) is 12.0. The molecule has 90 valence electrons. The van der Waals surface area contributed by atoms with Gasteiger partial charge in [0.15, 0.2) is 0 Å². The van der Waals surface area contributed by atoms with Gasteiger partial charge in [-0.2, -0.15) is 0 Å². The fraction of sp³-hybridized carbons (Fsp3) is 0.667. The average molecular weight is 239 g/mol. The third-order valence-corrected chi connectivity index (χ3v) is 3.14. The fourth-order valence-electron chi connectivity index (χ4n) is 1.54. The molecular weight excluding hydrogens is 218 g/mol. The summed E-state index contributed by atoms with van der Waals surface area (Å²) in [5.74, 6) is 2.50. The first kappa shape index (κ1) is 13.3. The van der Waals surface area contributed by atoms with Gasteiger partial charge in [-0.15, -0.1) is 11.8 Å². The summed E-state index contributed by atoms with van der Waals surface area (Å²) in [7, 11) is 0. The van der Waals surface area contributed by atoms with Crippen molar-refractivity contribution in [2.45, 2.75) is 45.1 Å². The number of hydrogen-bond acceptors (Lipinski definition) is 4. The summed E-state index contributed by atoms with van der Waals surface area (Å²) in [6.07, 6.45) is 2.76. The van der Waals surface area contributed by atoms with Gasteiger partial charge in [0.1, 0.15) is 17.2 Å². The van der Waals surface area contributed by atoms with Gasteiger partial charge in [0.25, 0.3) is 0 Å². The Labute approximate surface area is 102 Å². The Morgan fingerprint density at radius 2 is 2.06 bits per heavy atom. The molecule has 0 aliphatic heterocycles. The molecule has 0 saturated heterocycles. The number of nitrogens with one attached hydrogen (secondary N) is 1. The Morgan fingerprint density at radius 3 is 2.62 bits per heavy atom. The second-order valence-electron chi connectivity index (χ2n) is 3.96. The van der Waals surface area contributed by atoms with Crippen LogP contribution in [0.1, 0.15) is 45.6 Å². The first-order valence-electron chi connectivity index (χ1n) is 5.92. The van der Waals surface area contributed by atoms with Crippen molar-refractivity contribution in [1.82, 2.24) is 9.97 Å². The van der Waals surface area contributed by atoms with Crippen LogP contribution in [0.2, 0.25) is 0 Å². The van der Waals surface area contributed by atoms with Crippen LogP contribution in [0, 0.1) is 0 Å². The van der Waals surface area contributed by atoms with Crippen LogP contribution in [-0.2, 0) is 0 Å². The van der Waals surface area contributed by atoms with Crippen LogP contribution < -0.4 is 5.32 Å². The van der Waals surface area contributed by atoms with Crippen molar-refractivity contribution in [3.63, 3.8) is 0 Å². The maximum Gasteiger partial charge on any atom is 0.133 e. The molecule has 0 aromatic carbocycles. The molecule has 0 spiro atoms. The van der Waals surface area contributed by atoms with Crippen molar-refractivity contribution in [2.24, 2.45) is 0 Å². The summed E-state index contributed by atoms with van der Waals surface area (Å²) in [6.45, 7) is 9.65. The lowest BCUT2D eigenvalue weighted by molar-refractivity contribution is 0.800. The lowest BCUT2D eigenvalue weighted by Gasteiger charge is -2.15. The maximum atomic E-state index is 4.37. The Hall–Kier alpha value is -0.770. The molecule has 0 fully saturated rings. The third-order valence-electron chi connectivity index (χ3n) is 2.25. The van der Waals surface area contributed by atoms with E-state index in [4.69, 9.17) is 0 Å². The highest BCUT2D eigenvalue weighted by Crippen LogP contribution is 2.30. The monoisotopic (exact) mass is 239 g/mol. The highest BCUT2D eigenvalue weighted by atomic mass is 32.2. The van der Waals surface area contributed by atoms with Crippen LogP contribution in [0.25, 0.3) is 0 Å². The zero-order valence-corrected chi connectivity index (χ0v) is 11.4. The van der Waals surface area contributed by atoms with E-state index in [1.54, 1.807) is 18.1 Å². The standard InChI is InChI=1S/C12H21N3S/c1-5-7-13-11-10(9(3)4)12(16-6-2)15-8-14-11/h8-9H,5-7H2,1-4H3,(H,13,14,15). The van der Waals surface area contributed by atoms with Crippen LogP contribution in [0.5, 0.6) is 0 Å². The van der Waals surface area contributed by atoms with E-state index in [2.05, 4.69) is 43.0 Å². The van der Waals surface area contributed by atoms with Gasteiger partial charge in [0.2, 0.25) is 0 Å². The molecule has 1 rings (SSSR count). The molecule has 4 heteroatoms. The highest BCUT2D eigenvalue weighted by molar-refractivity contribution is 7.99. The molecule has 1 aromatic rings. The minimum absolute atomic E-state index is 0.453. The van der Waals surface area contributed by atoms with Gasteiger partial charge in [-0.3, -0.25) is 0 Å². The van der Waals surface area contributed by atoms with E-state index in [1.807, 2.05) is 0 Å². The smallest absolute Gasteiger partial charge is 0.133 e. The summed E-state index contributed by atoms with van der Waals surface area (Å²) >= 11 is 1.79. The van der Waals surface area contributed by atoms with Crippen LogP contribution in [-0.4, -0.2) is 22.3 Å². The number of aromatic nitrogens is 2. The molecule has 0 bridgehead atoms. The van der Waals surface area contributed by atoms with Gasteiger partial charge in [0.05, 0.1) is 0 Å². The number of nitrogens with zero attached hydrogens (tertiary/aromatic N) is 2. The van der Waals surface area contributed by atoms with E-state index in [0.29, 0.717) is 5.92 Å². The predicted octanol–water partition coefficient (Wildman–Crippen LogP) is 3.53. The van der Waals surface area contributed by atoms with E-state index in [9.17, 15) is 0 Å². The number of hydrogen-bond donors (Lipinski definition) is 1. The highest BCUT2D eigenvalue weighted by Gasteiger charge is 2.14. The van der Waals surface area contributed by atoms with Crippen LogP contribution in [0.4, 0.5) is 5.82 Å². The molecule has 1 heterocycles. The van der Waals surface area contributed by atoms with Crippen molar-refractivity contribution in [1.29, 1.82) is 0 Å². The van der Waals surface area contributed by atoms with Crippen molar-refractivity contribution < 1.29 is 0 Å². The predicted molar refractivity (Wildman–Crippen MR) is 71.3 cm³/mol. The minimum atomic E-state index is 0.453. The molecule has 0 amide bonds. The first-order valence-corrected chi connectivity index (χ1v) is 6.90. The van der Waals surface area contributed by atoms with Crippen molar-refractivity contribution >= 4 is 17.6 Å². The number of rotatable bonds is 6. The summed E-state index contributed by atoms with van der Waals surface area (Å²) in [6, 6.07) is 0. The molecule has 0 aliphatic carbocycles. The molecule has 16 heavy (non-hydrogen) atoms. The molecular formula is C12H21N3S. The largest absolute Gasteiger partial charge is 0.370 e. The Morgan fingerprint density at radius 1 is 1.31 bits per heavy atom. The Bertz CT molecular complexity index is 326.